The molecule has 0 spiro atoms. The minimum atomic E-state index is -3.62. The fourth-order valence-corrected chi connectivity index (χ4v) is 15.8. The summed E-state index contributed by atoms with van der Waals surface area (Å²) in [7, 11) is -3.62. The van der Waals surface area contributed by atoms with Crippen LogP contribution in [0.1, 0.15) is 122 Å². The lowest BCUT2D eigenvalue weighted by Crippen LogP contribution is -2.48. The molecule has 115 heavy (non-hydrogen) atoms. The van der Waals surface area contributed by atoms with Gasteiger partial charge in [0.2, 0.25) is 45.1 Å². The van der Waals surface area contributed by atoms with Crippen LogP contribution in [0.25, 0.3) is 90.0 Å². The molecule has 0 unspecified atom stereocenters. The highest BCUT2D eigenvalue weighted by Gasteiger charge is 2.35. The molecule has 12 aromatic rings. The van der Waals surface area contributed by atoms with Gasteiger partial charge in [0.25, 0.3) is 29.5 Å². The number of hydrogen-bond donors (Lipinski definition) is 8. The monoisotopic (exact) mass is 1580 g/mol. The number of fused-ring (bicyclic) bond motifs is 4. The third-order valence-electron chi connectivity index (χ3n) is 20.3. The zero-order valence-corrected chi connectivity index (χ0v) is 66.4. The van der Waals surface area contributed by atoms with Gasteiger partial charge in [-0.05, 0) is 80.5 Å². The number of aromatic amines is 4. The molecular weight excluding hydrogens is 1490 g/mol. The van der Waals surface area contributed by atoms with Gasteiger partial charge in [0.05, 0.1) is 57.8 Å². The summed E-state index contributed by atoms with van der Waals surface area (Å²) in [6.07, 6.45) is 30.5. The van der Waals surface area contributed by atoms with Gasteiger partial charge in [0.1, 0.15) is 22.6 Å². The summed E-state index contributed by atoms with van der Waals surface area (Å²) in [5.74, 6) is 8.47. The number of nitrogens with one attached hydrogen (secondary N) is 8. The summed E-state index contributed by atoms with van der Waals surface area (Å²) >= 11 is 0. The van der Waals surface area contributed by atoms with Crippen LogP contribution in [0.4, 0.5) is 22.7 Å². The molecule has 4 aliphatic rings. The van der Waals surface area contributed by atoms with Crippen LogP contribution in [0, 0.1) is 62.2 Å². The van der Waals surface area contributed by atoms with Crippen molar-refractivity contribution >= 4 is 106 Å². The number of pyridine rings is 4. The summed E-state index contributed by atoms with van der Waals surface area (Å²) in [6, 6.07) is 7.98. The number of terminal acetylenes is 2. The first kappa shape index (κ1) is 80.2. The summed E-state index contributed by atoms with van der Waals surface area (Å²) in [5, 5.41) is 44.9. The normalized spacial score (nSPS) is 19.6. The van der Waals surface area contributed by atoms with Gasteiger partial charge in [-0.2, -0.15) is 4.98 Å². The standard InChI is InChI=1S/C21H22N6O3.C20H22N6O2.C19H24N6O4S.C19H24N6O2/c1-4-5-17(29)27-10-12(2)8-14(11-27)24-18-15-6-7-22-19(15)23-9-16(18)21-26-25-20(30-21)13(3)28;1-4-5-17(27)26-10-12(2)8-14(11-26)23-18-15-6-7-21-19(15)22-9-16(18)20-25-24-13(3)28-20;1-4-15(26)25-9-11(2)7-12(10-25)22-16-13-5-6-20-17(13)21-8-14(16)18-23-24-19(29-18)30(3,27)28;1-4-16(26)25-9-11(2)7-13(10-25)23-17-14-5-6-20-18(14)21-8-15(17)19-22-12(3)24-27-19/h1,6-7,9,12,14H,5,8,10-11H2,2-3H3,(H2,22,23,24);1,6-7,9,12,14H,5,8,10-11H2,2-3H3,(H2,21,22,23);5-6,8,11-12H,4,7,9-10H2,1-3H3,(H2,20,21,22);5-6,8,11,13H,4,7,9-10H2,1-3H3,(H2,20,21,23)/t2*12-,14+;11-,12+;11-,13+/m0000/s1. The van der Waals surface area contributed by atoms with E-state index in [2.05, 4.69) is 141 Å². The molecule has 35 nitrogen and oxygen atoms in total. The zero-order chi connectivity index (χ0) is 81.4. The van der Waals surface area contributed by atoms with Crippen molar-refractivity contribution in [3.8, 4) is 70.5 Å². The number of carbonyl (C=O) groups excluding carboxylic acids is 5. The van der Waals surface area contributed by atoms with Gasteiger partial charge < -0.3 is 78.6 Å². The Balaban J connectivity index is 0.000000134. The minimum Gasteiger partial charge on any atom is -0.421 e. The topological polar surface area (TPSA) is 451 Å². The van der Waals surface area contributed by atoms with E-state index in [0.29, 0.717) is 121 Å². The van der Waals surface area contributed by atoms with Crippen molar-refractivity contribution in [1.82, 2.24) is 100 Å². The molecule has 0 aromatic carbocycles. The van der Waals surface area contributed by atoms with E-state index in [-0.39, 0.29) is 84.1 Å². The third kappa shape index (κ3) is 18.6. The molecular formula is C79H92N24O11S. The second-order valence-electron chi connectivity index (χ2n) is 29.9. The molecule has 4 fully saturated rings. The Hall–Kier alpha value is -12.9. The van der Waals surface area contributed by atoms with Crippen molar-refractivity contribution in [3.05, 3.63) is 91.4 Å². The maximum Gasteiger partial charge on any atom is 0.335 e. The number of amides is 4. The molecule has 8 atom stereocenters. The number of ketones is 1. The lowest BCUT2D eigenvalue weighted by Gasteiger charge is -2.37. The van der Waals surface area contributed by atoms with Gasteiger partial charge in [-0.3, -0.25) is 24.0 Å². The van der Waals surface area contributed by atoms with Crippen molar-refractivity contribution in [1.29, 1.82) is 0 Å². The molecule has 0 saturated carbocycles. The predicted molar refractivity (Wildman–Crippen MR) is 429 cm³/mol. The predicted octanol–water partition coefficient (Wildman–Crippen LogP) is 10.1. The van der Waals surface area contributed by atoms with Gasteiger partial charge in [-0.15, -0.1) is 38.3 Å². The number of Topliss-reactive ketones (excluding diaryl/α,β-unsaturated/α-hetero) is 1. The van der Waals surface area contributed by atoms with Crippen LogP contribution < -0.4 is 21.3 Å². The second kappa shape index (κ2) is 35.0. The van der Waals surface area contributed by atoms with E-state index in [1.54, 1.807) is 55.9 Å². The summed E-state index contributed by atoms with van der Waals surface area (Å²) < 4.78 is 45.5. The maximum absolute atomic E-state index is 12.3. The van der Waals surface area contributed by atoms with Crippen molar-refractivity contribution < 1.29 is 50.2 Å². The first-order valence-corrected chi connectivity index (χ1v) is 40.1. The number of sulfone groups is 1. The maximum atomic E-state index is 12.3. The van der Waals surface area contributed by atoms with E-state index in [1.165, 1.54) is 6.92 Å². The van der Waals surface area contributed by atoms with Crippen molar-refractivity contribution in [2.75, 3.05) is 79.9 Å². The summed E-state index contributed by atoms with van der Waals surface area (Å²) in [4.78, 5) is 103. The van der Waals surface area contributed by atoms with Gasteiger partial charge >= 0.3 is 5.22 Å². The molecule has 4 saturated heterocycles. The number of nitrogens with zero attached hydrogens (tertiary/aromatic N) is 16. The smallest absolute Gasteiger partial charge is 0.335 e. The quantitative estimate of drug-likeness (QED) is 0.0292. The van der Waals surface area contributed by atoms with E-state index in [0.717, 1.165) is 113 Å². The van der Waals surface area contributed by atoms with Crippen molar-refractivity contribution in [3.63, 3.8) is 0 Å². The van der Waals surface area contributed by atoms with Crippen molar-refractivity contribution in [2.45, 2.75) is 143 Å². The molecule has 0 aliphatic carbocycles. The van der Waals surface area contributed by atoms with Crippen LogP contribution in [-0.2, 0) is 29.0 Å². The number of likely N-dealkylation sites (tertiary alicyclic amines) is 4. The molecule has 4 aliphatic heterocycles. The van der Waals surface area contributed by atoms with Gasteiger partial charge in [0, 0.05) is 181 Å². The third-order valence-corrected chi connectivity index (χ3v) is 21.1. The molecule has 12 aromatic heterocycles. The fourth-order valence-electron chi connectivity index (χ4n) is 15.4. The first-order valence-electron chi connectivity index (χ1n) is 38.2. The average Bonchev–Trinajstić information content (AvgIpc) is 1.73. The molecule has 8 N–H and O–H groups in total. The zero-order valence-electron chi connectivity index (χ0n) is 65.6. The van der Waals surface area contributed by atoms with Crippen LogP contribution in [0.15, 0.2) is 96.8 Å². The molecule has 16 heterocycles. The number of aryl methyl sites for hydroxylation is 2. The van der Waals surface area contributed by atoms with Crippen LogP contribution in [0.3, 0.4) is 0 Å². The highest BCUT2D eigenvalue weighted by Crippen LogP contribution is 2.40. The fraction of sp³-hybridized carbons (Fsp3) is 0.430. The van der Waals surface area contributed by atoms with Crippen LogP contribution >= 0.6 is 0 Å². The Morgan fingerprint density at radius 2 is 0.817 bits per heavy atom. The highest BCUT2D eigenvalue weighted by atomic mass is 32.2. The van der Waals surface area contributed by atoms with Crippen LogP contribution in [0.2, 0.25) is 0 Å². The van der Waals surface area contributed by atoms with Gasteiger partial charge in [0.15, 0.2) is 5.82 Å². The van der Waals surface area contributed by atoms with Crippen LogP contribution in [0.5, 0.6) is 0 Å². The van der Waals surface area contributed by atoms with E-state index < -0.39 is 15.1 Å². The van der Waals surface area contributed by atoms with Crippen LogP contribution in [-0.4, -0.2) is 221 Å². The number of H-pyrrole nitrogens is 4. The molecule has 4 amide bonds. The minimum absolute atomic E-state index is 0.00452. The van der Waals surface area contributed by atoms with E-state index in [9.17, 15) is 32.4 Å². The summed E-state index contributed by atoms with van der Waals surface area (Å²) in [5.41, 5.74) is 8.84. The SMILES string of the molecule is C#CCC(=O)N1C[C@@H](C)C[C@@H](Nc2c(-c3nnc(C(C)=O)o3)cnc3[nH]ccc23)C1.C#CCC(=O)N1C[C@@H](C)C[C@@H](Nc2c(-c3nnc(C)o3)cnc3[nH]ccc23)C1.CCC(=O)N1C[C@@H](C)C[C@@H](Nc2c(-c3nc(C)no3)cnc3[nH]ccc23)C1.CCC(=O)N1C[C@@H](C)C[C@@H](Nc2c(-c3nnc(S(C)(=O)=O)o3)cnc3[nH]ccc23)C1. The van der Waals surface area contributed by atoms with E-state index in [1.807, 2.05) is 65.2 Å². The highest BCUT2D eigenvalue weighted by molar-refractivity contribution is 7.90. The lowest BCUT2D eigenvalue weighted by atomic mass is 9.95. The first-order chi connectivity index (χ1) is 55.3. The number of carbonyl (C=O) groups is 5. The van der Waals surface area contributed by atoms with E-state index in [4.69, 9.17) is 30.6 Å². The Morgan fingerprint density at radius 1 is 0.478 bits per heavy atom. The Labute approximate surface area is 661 Å². The molecule has 0 bridgehead atoms. The molecule has 0 radical (unpaired) electrons. The number of hydrogen-bond acceptors (Lipinski definition) is 27. The number of anilines is 4. The van der Waals surface area contributed by atoms with Gasteiger partial charge in [-0.25, -0.2) is 28.4 Å². The Morgan fingerprint density at radius 3 is 1.12 bits per heavy atom. The Bertz CT molecular complexity index is 5720. The number of rotatable bonds is 18. The Kier molecular flexibility index (Phi) is 24.4. The second-order valence-corrected chi connectivity index (χ2v) is 31.8. The molecule has 600 valence electrons. The van der Waals surface area contributed by atoms with Gasteiger partial charge in [-0.1, -0.05) is 63.6 Å². The average molecular weight is 1590 g/mol. The largest absolute Gasteiger partial charge is 0.421 e. The molecule has 36 heteroatoms. The number of aromatic nitrogens is 16. The molecule has 16 rings (SSSR count). The van der Waals surface area contributed by atoms with E-state index >= 15 is 0 Å². The number of piperidine rings is 4. The van der Waals surface area contributed by atoms with Crippen molar-refractivity contribution in [2.24, 2.45) is 23.7 Å². The lowest BCUT2D eigenvalue weighted by molar-refractivity contribution is -0.133. The summed E-state index contributed by atoms with van der Waals surface area (Å²) in [6.45, 7) is 22.6.